The van der Waals surface area contributed by atoms with Crippen LogP contribution in [0.4, 0.5) is 5.69 Å². The van der Waals surface area contributed by atoms with Gasteiger partial charge in [-0.3, -0.25) is 4.79 Å². The predicted octanol–water partition coefficient (Wildman–Crippen LogP) is 4.27. The van der Waals surface area contributed by atoms with Crippen molar-refractivity contribution < 1.29 is 19.0 Å². The molecule has 2 N–H and O–H groups in total. The van der Waals surface area contributed by atoms with Crippen molar-refractivity contribution in [3.05, 3.63) is 51.4 Å². The Balaban J connectivity index is 1.82. The van der Waals surface area contributed by atoms with Crippen LogP contribution in [0.15, 0.2) is 35.2 Å². The summed E-state index contributed by atoms with van der Waals surface area (Å²) in [6, 6.07) is 9.17. The van der Waals surface area contributed by atoms with Crippen LogP contribution in [0.5, 0.6) is 17.2 Å². The second kappa shape index (κ2) is 8.67. The molecule has 1 aliphatic heterocycles. The lowest BCUT2D eigenvalue weighted by Crippen LogP contribution is -2.31. The van der Waals surface area contributed by atoms with E-state index in [1.54, 1.807) is 39.5 Å². The topological polar surface area (TPSA) is 68.8 Å². The number of hydrogen-bond acceptors (Lipinski definition) is 6. The number of nitrogens with one attached hydrogen (secondary N) is 2. The zero-order chi connectivity index (χ0) is 20.3. The number of ether oxygens (including phenoxy) is 3. The molecule has 1 saturated heterocycles. The number of thioether (sulfide) groups is 1. The lowest BCUT2D eigenvalue weighted by atomic mass is 10.1. The van der Waals surface area contributed by atoms with E-state index in [-0.39, 0.29) is 11.4 Å². The monoisotopic (exact) mass is 420 g/mol. The van der Waals surface area contributed by atoms with Crippen molar-refractivity contribution in [3.63, 3.8) is 0 Å². The van der Waals surface area contributed by atoms with Crippen LogP contribution < -0.4 is 24.8 Å². The Kier molecular flexibility index (Phi) is 6.26. The number of anilines is 1. The van der Waals surface area contributed by atoms with Gasteiger partial charge in [-0.25, -0.2) is 0 Å². The molecular weight excluding hydrogens is 400 g/mol. The van der Waals surface area contributed by atoms with Gasteiger partial charge < -0.3 is 24.8 Å². The maximum absolute atomic E-state index is 12.4. The minimum atomic E-state index is -0.277. The molecule has 0 aromatic heterocycles. The summed E-state index contributed by atoms with van der Waals surface area (Å²) in [5.74, 6) is 1.42. The average Bonchev–Trinajstić information content (AvgIpc) is 3.02. The first-order valence-corrected chi connectivity index (χ1v) is 9.73. The molecular formula is C20H21ClN2O4S. The Labute approximate surface area is 173 Å². The Bertz CT molecular complexity index is 907. The number of hydrogen-bond donors (Lipinski definition) is 2. The van der Waals surface area contributed by atoms with Gasteiger partial charge in [0.05, 0.1) is 26.2 Å². The van der Waals surface area contributed by atoms with Gasteiger partial charge in [-0.2, -0.15) is 0 Å². The molecule has 0 spiro atoms. The third-order valence-corrected chi connectivity index (χ3v) is 5.45. The summed E-state index contributed by atoms with van der Waals surface area (Å²) in [5, 5.41) is 6.90. The molecule has 3 rings (SSSR count). The minimum absolute atomic E-state index is 0.150. The number of amides is 1. The summed E-state index contributed by atoms with van der Waals surface area (Å²) in [6.45, 7) is 1.96. The molecule has 0 radical (unpaired) electrons. The quantitative estimate of drug-likeness (QED) is 0.680. The normalized spacial score (nSPS) is 17.4. The molecule has 28 heavy (non-hydrogen) atoms. The highest BCUT2D eigenvalue weighted by Gasteiger charge is 2.27. The van der Waals surface area contributed by atoms with Gasteiger partial charge in [-0.15, -0.1) is 0 Å². The van der Waals surface area contributed by atoms with E-state index in [4.69, 9.17) is 25.8 Å². The molecule has 1 heterocycles. The van der Waals surface area contributed by atoms with Crippen molar-refractivity contribution in [2.24, 2.45) is 0 Å². The highest BCUT2D eigenvalue weighted by molar-refractivity contribution is 8.05. The average molecular weight is 421 g/mol. The first-order valence-electron chi connectivity index (χ1n) is 8.47. The minimum Gasteiger partial charge on any atom is -0.493 e. The lowest BCUT2D eigenvalue weighted by Gasteiger charge is -2.15. The second-order valence-electron chi connectivity index (χ2n) is 6.04. The lowest BCUT2D eigenvalue weighted by molar-refractivity contribution is -0.116. The molecule has 0 aliphatic carbocycles. The van der Waals surface area contributed by atoms with Gasteiger partial charge in [0.2, 0.25) is 5.75 Å². The fourth-order valence-electron chi connectivity index (χ4n) is 2.83. The summed E-state index contributed by atoms with van der Waals surface area (Å²) in [4.78, 5) is 13.0. The van der Waals surface area contributed by atoms with Crippen LogP contribution >= 0.6 is 23.4 Å². The van der Waals surface area contributed by atoms with E-state index in [0.29, 0.717) is 27.2 Å². The first-order chi connectivity index (χ1) is 13.4. The van der Waals surface area contributed by atoms with Gasteiger partial charge in [-0.05, 0) is 54.5 Å². The van der Waals surface area contributed by atoms with Gasteiger partial charge in [0, 0.05) is 10.7 Å². The summed E-state index contributed by atoms with van der Waals surface area (Å²) in [7, 11) is 4.66. The first kappa shape index (κ1) is 20.2. The van der Waals surface area contributed by atoms with Crippen molar-refractivity contribution in [2.75, 3.05) is 26.6 Å². The maximum atomic E-state index is 12.4. The molecule has 1 amide bonds. The predicted molar refractivity (Wildman–Crippen MR) is 113 cm³/mol. The zero-order valence-electron chi connectivity index (χ0n) is 16.0. The highest BCUT2D eigenvalue weighted by atomic mass is 35.5. The van der Waals surface area contributed by atoms with Crippen LogP contribution in [-0.4, -0.2) is 32.7 Å². The fourth-order valence-corrected chi connectivity index (χ4v) is 4.03. The van der Waals surface area contributed by atoms with E-state index >= 15 is 0 Å². The van der Waals surface area contributed by atoms with Crippen molar-refractivity contribution >= 4 is 41.0 Å². The number of carbonyl (C=O) groups is 1. The van der Waals surface area contributed by atoms with E-state index in [0.717, 1.165) is 16.8 Å². The van der Waals surface area contributed by atoms with Gasteiger partial charge in [-0.1, -0.05) is 23.4 Å². The number of carbonyl (C=O) groups excluding carboxylic acids is 1. The summed E-state index contributed by atoms with van der Waals surface area (Å²) < 4.78 is 16.1. The Morgan fingerprint density at radius 3 is 2.36 bits per heavy atom. The fraction of sp³-hybridized carbons (Fsp3) is 0.250. The van der Waals surface area contributed by atoms with Crippen LogP contribution in [0.3, 0.4) is 0 Å². The van der Waals surface area contributed by atoms with Crippen LogP contribution in [0.25, 0.3) is 6.08 Å². The third-order valence-electron chi connectivity index (χ3n) is 4.19. The Hall–Kier alpha value is -2.51. The standard InChI is InChI=1S/C20H21ClN2O4S/c1-11-7-13(21)5-6-14(11)22-20-23-19(24)17(28-20)10-12-8-15(25-2)18(27-4)16(9-12)26-3/h5-10,20,22H,1-4H3,(H,23,24)/b17-10-. The maximum Gasteiger partial charge on any atom is 0.260 e. The molecule has 0 bridgehead atoms. The molecule has 6 nitrogen and oxygen atoms in total. The van der Waals surface area contributed by atoms with Crippen LogP contribution in [0.1, 0.15) is 11.1 Å². The van der Waals surface area contributed by atoms with Crippen molar-refractivity contribution in [3.8, 4) is 17.2 Å². The van der Waals surface area contributed by atoms with E-state index in [1.807, 2.05) is 25.1 Å². The number of halogens is 1. The number of aryl methyl sites for hydroxylation is 1. The summed E-state index contributed by atoms with van der Waals surface area (Å²) in [6.07, 6.45) is 1.79. The van der Waals surface area contributed by atoms with Crippen LogP contribution in [-0.2, 0) is 4.79 Å². The zero-order valence-corrected chi connectivity index (χ0v) is 17.5. The van der Waals surface area contributed by atoms with Gasteiger partial charge >= 0.3 is 0 Å². The third kappa shape index (κ3) is 4.31. The number of benzene rings is 2. The van der Waals surface area contributed by atoms with Crippen LogP contribution in [0, 0.1) is 6.92 Å². The molecule has 0 saturated carbocycles. The highest BCUT2D eigenvalue weighted by Crippen LogP contribution is 2.40. The molecule has 2 aromatic rings. The van der Waals surface area contributed by atoms with E-state index in [2.05, 4.69) is 10.6 Å². The molecule has 2 aromatic carbocycles. The molecule has 1 aliphatic rings. The van der Waals surface area contributed by atoms with Crippen molar-refractivity contribution in [1.82, 2.24) is 5.32 Å². The van der Waals surface area contributed by atoms with Gasteiger partial charge in [0.25, 0.3) is 5.91 Å². The van der Waals surface area contributed by atoms with Gasteiger partial charge in [0.15, 0.2) is 17.0 Å². The molecule has 148 valence electrons. The van der Waals surface area contributed by atoms with Crippen LogP contribution in [0.2, 0.25) is 5.02 Å². The number of methoxy groups -OCH3 is 3. The van der Waals surface area contributed by atoms with Crippen molar-refractivity contribution in [1.29, 1.82) is 0 Å². The van der Waals surface area contributed by atoms with E-state index in [1.165, 1.54) is 11.8 Å². The smallest absolute Gasteiger partial charge is 0.260 e. The van der Waals surface area contributed by atoms with Crippen molar-refractivity contribution in [2.45, 2.75) is 12.4 Å². The summed E-state index contributed by atoms with van der Waals surface area (Å²) >= 11 is 7.40. The summed E-state index contributed by atoms with van der Waals surface area (Å²) in [5.41, 5.74) is 2.41. The Morgan fingerprint density at radius 2 is 1.79 bits per heavy atom. The van der Waals surface area contributed by atoms with E-state index in [9.17, 15) is 4.79 Å². The largest absolute Gasteiger partial charge is 0.493 e. The van der Waals surface area contributed by atoms with Gasteiger partial charge in [0.1, 0.15) is 0 Å². The molecule has 1 unspecified atom stereocenters. The molecule has 1 fully saturated rings. The van der Waals surface area contributed by atoms with E-state index < -0.39 is 0 Å². The second-order valence-corrected chi connectivity index (χ2v) is 7.63. The molecule has 8 heteroatoms. The Morgan fingerprint density at radius 1 is 1.11 bits per heavy atom. The SMILES string of the molecule is COc1cc(/C=C2\SC(Nc3ccc(Cl)cc3C)NC2=O)cc(OC)c1OC. The number of rotatable bonds is 6. The molecule has 1 atom stereocenters.